The molecule has 2 aliphatic rings. The monoisotopic (exact) mass is 402 g/mol. The zero-order valence-electron chi connectivity index (χ0n) is 16.5. The number of aryl methyl sites for hydroxylation is 2. The number of carbonyl (C=O) groups excluding carboxylic acids is 2. The van der Waals surface area contributed by atoms with Gasteiger partial charge in [0, 0.05) is 45.1 Å². The van der Waals surface area contributed by atoms with Gasteiger partial charge in [-0.15, -0.1) is 0 Å². The van der Waals surface area contributed by atoms with Crippen molar-refractivity contribution in [2.45, 2.75) is 50.0 Å². The molecule has 2 aromatic heterocycles. The van der Waals surface area contributed by atoms with Crippen LogP contribution in [0.15, 0.2) is 16.9 Å². The second-order valence-corrected chi connectivity index (χ2v) is 8.09. The van der Waals surface area contributed by atoms with Crippen molar-refractivity contribution in [3.63, 3.8) is 0 Å². The third kappa shape index (κ3) is 5.00. The summed E-state index contributed by atoms with van der Waals surface area (Å²) in [5, 5.41) is 21.5. The van der Waals surface area contributed by atoms with E-state index in [0.29, 0.717) is 31.2 Å². The van der Waals surface area contributed by atoms with E-state index in [1.54, 1.807) is 29.0 Å². The van der Waals surface area contributed by atoms with Gasteiger partial charge in [-0.25, -0.2) is 0 Å². The number of aromatic nitrogens is 4. The van der Waals surface area contributed by atoms with E-state index in [2.05, 4.69) is 20.6 Å². The molecule has 1 saturated carbocycles. The number of hydrogen-bond acceptors (Lipinski definition) is 7. The number of rotatable bonds is 8. The van der Waals surface area contributed by atoms with E-state index in [-0.39, 0.29) is 37.7 Å². The van der Waals surface area contributed by atoms with Crippen LogP contribution in [0.4, 0.5) is 0 Å². The van der Waals surface area contributed by atoms with E-state index in [0.717, 1.165) is 24.2 Å². The van der Waals surface area contributed by atoms with Crippen LogP contribution in [0.2, 0.25) is 0 Å². The van der Waals surface area contributed by atoms with Crippen LogP contribution in [0, 0.1) is 0 Å². The highest BCUT2D eigenvalue weighted by atomic mass is 16.5. The van der Waals surface area contributed by atoms with Crippen LogP contribution in [0.5, 0.6) is 0 Å². The Labute approximate surface area is 168 Å². The fraction of sp³-hybridized carbons (Fsp3) is 0.632. The molecule has 0 bridgehead atoms. The minimum atomic E-state index is -1.11. The molecule has 1 aliphatic carbocycles. The Morgan fingerprint density at radius 2 is 2.24 bits per heavy atom. The topological polar surface area (TPSA) is 126 Å². The van der Waals surface area contributed by atoms with Crippen molar-refractivity contribution in [1.29, 1.82) is 0 Å². The molecule has 0 spiro atoms. The summed E-state index contributed by atoms with van der Waals surface area (Å²) < 4.78 is 6.82. The zero-order valence-corrected chi connectivity index (χ0v) is 16.5. The summed E-state index contributed by atoms with van der Waals surface area (Å²) in [6, 6.07) is 0. The SMILES string of the molecule is Cn1cc(CC(=O)N2CCC(O)(CNC(=O)CCc3nc(C4CC4)no3)C2)cn1. The Balaban J connectivity index is 1.19. The van der Waals surface area contributed by atoms with Gasteiger partial charge in [0.1, 0.15) is 5.60 Å². The first kappa shape index (κ1) is 19.6. The minimum Gasteiger partial charge on any atom is -0.386 e. The van der Waals surface area contributed by atoms with Crippen LogP contribution in [-0.2, 0) is 29.5 Å². The maximum Gasteiger partial charge on any atom is 0.227 e. The zero-order chi connectivity index (χ0) is 20.4. The standard InChI is InChI=1S/C19H26N6O4/c1-24-10-13(9-21-24)8-17(27)25-7-6-19(28,12-25)11-20-15(26)4-5-16-22-18(23-29-16)14-2-3-14/h9-10,14,28H,2-8,11-12H2,1H3,(H,20,26). The summed E-state index contributed by atoms with van der Waals surface area (Å²) in [5.74, 6) is 1.38. The summed E-state index contributed by atoms with van der Waals surface area (Å²) in [5.41, 5.74) is -0.267. The lowest BCUT2D eigenvalue weighted by Crippen LogP contribution is -2.45. The minimum absolute atomic E-state index is 0.0527. The molecule has 1 aliphatic heterocycles. The van der Waals surface area contributed by atoms with Crippen molar-refractivity contribution in [3.05, 3.63) is 29.7 Å². The number of nitrogens with one attached hydrogen (secondary N) is 1. The Morgan fingerprint density at radius 1 is 1.41 bits per heavy atom. The van der Waals surface area contributed by atoms with Crippen molar-refractivity contribution in [3.8, 4) is 0 Å². The van der Waals surface area contributed by atoms with Gasteiger partial charge in [-0.1, -0.05) is 5.16 Å². The Morgan fingerprint density at radius 3 is 2.97 bits per heavy atom. The molecule has 1 atom stereocenters. The van der Waals surface area contributed by atoms with E-state index in [1.165, 1.54) is 0 Å². The maximum atomic E-state index is 12.4. The lowest BCUT2D eigenvalue weighted by molar-refractivity contribution is -0.130. The normalized spacial score (nSPS) is 21.5. The van der Waals surface area contributed by atoms with E-state index in [9.17, 15) is 14.7 Å². The molecule has 0 aromatic carbocycles. The smallest absolute Gasteiger partial charge is 0.227 e. The molecule has 4 rings (SSSR count). The van der Waals surface area contributed by atoms with E-state index in [4.69, 9.17) is 4.52 Å². The van der Waals surface area contributed by atoms with Gasteiger partial charge < -0.3 is 19.8 Å². The quantitative estimate of drug-likeness (QED) is 0.633. The fourth-order valence-corrected chi connectivity index (χ4v) is 3.51. The maximum absolute atomic E-state index is 12.4. The number of likely N-dealkylation sites (tertiary alicyclic amines) is 1. The molecule has 2 aromatic rings. The molecule has 29 heavy (non-hydrogen) atoms. The van der Waals surface area contributed by atoms with Crippen molar-refractivity contribution >= 4 is 11.8 Å². The van der Waals surface area contributed by atoms with E-state index in [1.807, 2.05) is 0 Å². The Kier molecular flexibility index (Phi) is 5.35. The van der Waals surface area contributed by atoms with Crippen molar-refractivity contribution in [2.75, 3.05) is 19.6 Å². The van der Waals surface area contributed by atoms with Gasteiger partial charge in [0.2, 0.25) is 17.7 Å². The predicted octanol–water partition coefficient (Wildman–Crippen LogP) is -0.0646. The summed E-state index contributed by atoms with van der Waals surface area (Å²) in [6.07, 6.45) is 6.93. The second-order valence-electron chi connectivity index (χ2n) is 8.09. The van der Waals surface area contributed by atoms with Crippen LogP contribution in [-0.4, -0.2) is 67.0 Å². The first-order valence-corrected chi connectivity index (χ1v) is 9.97. The Hall–Kier alpha value is -2.75. The van der Waals surface area contributed by atoms with Gasteiger partial charge in [-0.3, -0.25) is 14.3 Å². The van der Waals surface area contributed by atoms with Gasteiger partial charge in [0.25, 0.3) is 0 Å². The highest BCUT2D eigenvalue weighted by molar-refractivity contribution is 5.79. The summed E-state index contributed by atoms with van der Waals surface area (Å²) in [4.78, 5) is 30.5. The van der Waals surface area contributed by atoms with Crippen LogP contribution in [0.3, 0.4) is 0 Å². The molecule has 10 heteroatoms. The third-order valence-corrected chi connectivity index (χ3v) is 5.41. The van der Waals surface area contributed by atoms with Crippen LogP contribution < -0.4 is 5.32 Å². The number of carbonyl (C=O) groups is 2. The predicted molar refractivity (Wildman–Crippen MR) is 101 cm³/mol. The average molecular weight is 402 g/mol. The highest BCUT2D eigenvalue weighted by Gasteiger charge is 2.38. The number of aliphatic hydroxyl groups is 1. The highest BCUT2D eigenvalue weighted by Crippen LogP contribution is 2.38. The van der Waals surface area contributed by atoms with Crippen molar-refractivity contribution in [2.24, 2.45) is 7.05 Å². The lowest BCUT2D eigenvalue weighted by Gasteiger charge is -2.23. The summed E-state index contributed by atoms with van der Waals surface area (Å²) in [6.45, 7) is 0.790. The average Bonchev–Trinajstić information content (AvgIpc) is 3.09. The first-order chi connectivity index (χ1) is 13.9. The van der Waals surface area contributed by atoms with E-state index >= 15 is 0 Å². The lowest BCUT2D eigenvalue weighted by atomic mass is 10.0. The van der Waals surface area contributed by atoms with Gasteiger partial charge >= 0.3 is 0 Å². The molecular weight excluding hydrogens is 376 g/mol. The molecule has 1 saturated heterocycles. The van der Waals surface area contributed by atoms with Gasteiger partial charge in [0.15, 0.2) is 5.82 Å². The molecule has 2 N–H and O–H groups in total. The number of nitrogens with zero attached hydrogens (tertiary/aromatic N) is 5. The van der Waals surface area contributed by atoms with Crippen molar-refractivity contribution in [1.82, 2.24) is 30.1 Å². The largest absolute Gasteiger partial charge is 0.386 e. The number of β-amino-alcohol motifs (C(OH)–C–C–N with tert-alkyl or cyclic N) is 1. The van der Waals surface area contributed by atoms with E-state index < -0.39 is 5.60 Å². The fourth-order valence-electron chi connectivity index (χ4n) is 3.51. The van der Waals surface area contributed by atoms with Crippen LogP contribution in [0.1, 0.15) is 48.9 Å². The molecule has 10 nitrogen and oxygen atoms in total. The van der Waals surface area contributed by atoms with Crippen molar-refractivity contribution < 1.29 is 19.2 Å². The molecule has 2 fully saturated rings. The molecular formula is C19H26N6O4. The molecule has 0 radical (unpaired) electrons. The molecule has 2 amide bonds. The van der Waals surface area contributed by atoms with Crippen LogP contribution >= 0.6 is 0 Å². The second kappa shape index (κ2) is 7.94. The molecule has 156 valence electrons. The molecule has 3 heterocycles. The number of amides is 2. The molecule has 1 unspecified atom stereocenters. The number of hydrogen-bond donors (Lipinski definition) is 2. The van der Waals surface area contributed by atoms with Crippen LogP contribution in [0.25, 0.3) is 0 Å². The first-order valence-electron chi connectivity index (χ1n) is 9.97. The third-order valence-electron chi connectivity index (χ3n) is 5.41. The van der Waals surface area contributed by atoms with Gasteiger partial charge in [0.05, 0.1) is 19.2 Å². The Bertz CT molecular complexity index is 889. The summed E-state index contributed by atoms with van der Waals surface area (Å²) in [7, 11) is 1.80. The summed E-state index contributed by atoms with van der Waals surface area (Å²) >= 11 is 0. The van der Waals surface area contributed by atoms with Gasteiger partial charge in [-0.05, 0) is 24.8 Å². The van der Waals surface area contributed by atoms with Gasteiger partial charge in [-0.2, -0.15) is 10.1 Å².